The van der Waals surface area contributed by atoms with Crippen molar-refractivity contribution < 1.29 is 22.8 Å². The molecule has 0 bridgehead atoms. The lowest BCUT2D eigenvalue weighted by Gasteiger charge is -2.19. The van der Waals surface area contributed by atoms with Crippen LogP contribution >= 0.6 is 23.4 Å². The van der Waals surface area contributed by atoms with E-state index >= 15 is 0 Å². The summed E-state index contributed by atoms with van der Waals surface area (Å²) in [4.78, 5) is 28.2. The van der Waals surface area contributed by atoms with E-state index in [9.17, 15) is 28.0 Å². The zero-order valence-corrected chi connectivity index (χ0v) is 22.5. The summed E-state index contributed by atoms with van der Waals surface area (Å²) in [5.41, 5.74) is 1.82. The molecular weight excluding hydrogens is 547 g/mol. The maximum Gasteiger partial charge on any atom is 0.416 e. The van der Waals surface area contributed by atoms with E-state index in [1.807, 2.05) is 38.1 Å². The first-order valence-electron chi connectivity index (χ1n) is 12.0. The minimum Gasteiger partial charge on any atom is -0.321 e. The Hall–Kier alpha value is -3.74. The van der Waals surface area contributed by atoms with Gasteiger partial charge in [-0.15, -0.1) is 0 Å². The van der Waals surface area contributed by atoms with E-state index in [1.165, 1.54) is 4.90 Å². The lowest BCUT2D eigenvalue weighted by Crippen LogP contribution is -2.31. The summed E-state index contributed by atoms with van der Waals surface area (Å²) in [6.07, 6.45) is -3.94. The second-order valence-corrected chi connectivity index (χ2v) is 10.5. The number of anilines is 2. The highest BCUT2D eigenvalue weighted by Crippen LogP contribution is 2.43. The van der Waals surface area contributed by atoms with Gasteiger partial charge in [-0.25, -0.2) is 0 Å². The van der Waals surface area contributed by atoms with Crippen molar-refractivity contribution in [3.63, 3.8) is 0 Å². The third-order valence-corrected chi connectivity index (χ3v) is 7.79. The quantitative estimate of drug-likeness (QED) is 0.250. The molecule has 0 saturated carbocycles. The molecule has 200 valence electrons. The number of amides is 2. The molecule has 1 aliphatic heterocycles. The smallest absolute Gasteiger partial charge is 0.321 e. The Morgan fingerprint density at radius 3 is 2.46 bits per heavy atom. The molecular formula is C29H23ClF3N3O2S. The number of alkyl halides is 3. The molecule has 10 heteroatoms. The number of hydrogen-bond donors (Lipinski definition) is 1. The summed E-state index contributed by atoms with van der Waals surface area (Å²) >= 11 is 7.16. The summed E-state index contributed by atoms with van der Waals surface area (Å²) in [6.45, 7) is 3.84. The molecule has 3 aromatic carbocycles. The van der Waals surface area contributed by atoms with Gasteiger partial charge in [0.1, 0.15) is 16.7 Å². The van der Waals surface area contributed by atoms with Crippen LogP contribution in [0.15, 0.2) is 77.3 Å². The minimum atomic E-state index is -4.58. The van der Waals surface area contributed by atoms with Crippen molar-refractivity contribution in [1.29, 1.82) is 5.26 Å². The number of nitrogens with zero attached hydrogens (tertiary/aromatic N) is 2. The fourth-order valence-electron chi connectivity index (χ4n) is 4.13. The Kier molecular flexibility index (Phi) is 8.38. The maximum absolute atomic E-state index is 13.7. The number of carbonyl (C=O) groups excluding carboxylic acids is 2. The summed E-state index contributed by atoms with van der Waals surface area (Å²) in [7, 11) is 0. The first-order valence-corrected chi connectivity index (χ1v) is 13.2. The van der Waals surface area contributed by atoms with Gasteiger partial charge in [-0.1, -0.05) is 54.6 Å². The van der Waals surface area contributed by atoms with Crippen molar-refractivity contribution >= 4 is 46.6 Å². The van der Waals surface area contributed by atoms with E-state index in [1.54, 1.807) is 30.3 Å². The number of carbonyl (C=O) groups is 2. The van der Waals surface area contributed by atoms with E-state index in [0.717, 1.165) is 47.5 Å². The largest absolute Gasteiger partial charge is 0.416 e. The molecule has 1 fully saturated rings. The van der Waals surface area contributed by atoms with Crippen molar-refractivity contribution in [3.8, 4) is 6.07 Å². The fourth-order valence-corrected chi connectivity index (χ4v) is 5.62. The highest BCUT2D eigenvalue weighted by Gasteiger charge is 2.41. The number of rotatable bonds is 6. The monoisotopic (exact) mass is 569 g/mol. The molecule has 4 rings (SSSR count). The lowest BCUT2D eigenvalue weighted by atomic mass is 10.0. The van der Waals surface area contributed by atoms with E-state index in [4.69, 9.17) is 11.6 Å². The van der Waals surface area contributed by atoms with Crippen molar-refractivity contribution in [3.05, 3.63) is 105 Å². The number of nitriles is 1. The van der Waals surface area contributed by atoms with Gasteiger partial charge in [-0.3, -0.25) is 14.5 Å². The maximum atomic E-state index is 13.7. The number of aryl methyl sites for hydroxylation is 2. The van der Waals surface area contributed by atoms with Gasteiger partial charge >= 0.3 is 6.18 Å². The van der Waals surface area contributed by atoms with Gasteiger partial charge in [0.25, 0.3) is 5.91 Å². The topological polar surface area (TPSA) is 73.2 Å². The van der Waals surface area contributed by atoms with Crippen LogP contribution < -0.4 is 10.2 Å². The van der Waals surface area contributed by atoms with E-state index in [2.05, 4.69) is 5.32 Å². The van der Waals surface area contributed by atoms with Crippen LogP contribution in [0.1, 0.15) is 29.2 Å². The zero-order chi connectivity index (χ0) is 28.3. The van der Waals surface area contributed by atoms with Crippen LogP contribution in [0.5, 0.6) is 0 Å². The Morgan fingerprint density at radius 2 is 1.85 bits per heavy atom. The van der Waals surface area contributed by atoms with Gasteiger partial charge in [-0.05, 0) is 78.9 Å². The molecule has 0 aliphatic carbocycles. The van der Waals surface area contributed by atoms with Crippen LogP contribution in [0.2, 0.25) is 5.02 Å². The predicted molar refractivity (Wildman–Crippen MR) is 147 cm³/mol. The van der Waals surface area contributed by atoms with Gasteiger partial charge in [0, 0.05) is 16.4 Å². The average Bonchev–Trinajstić information content (AvgIpc) is 3.20. The average molecular weight is 570 g/mol. The molecule has 1 atom stereocenters. The van der Waals surface area contributed by atoms with Gasteiger partial charge < -0.3 is 5.32 Å². The molecule has 0 radical (unpaired) electrons. The summed E-state index contributed by atoms with van der Waals surface area (Å²) in [5, 5.41) is 12.0. The number of nitrogens with one attached hydrogen (secondary N) is 1. The number of benzene rings is 3. The minimum absolute atomic E-state index is 0.0883. The highest BCUT2D eigenvalue weighted by atomic mass is 35.5. The Labute approximate surface area is 233 Å². The molecule has 1 saturated heterocycles. The standard InChI is InChI=1S/C29H23ClF3N3O2S/c1-3-18-7-10-22(11-8-18)36-27(38)25(15-19-14-20(29(31,32)33)9-12-24(19)30)39-28(36)23(16-34)26(37)35-21-6-4-5-17(2)13-21/h4-14,25H,3,15H2,1-2H3,(H,35,37)/b28-23-. The zero-order valence-electron chi connectivity index (χ0n) is 21.0. The normalized spacial score (nSPS) is 16.7. The van der Waals surface area contributed by atoms with Crippen LogP contribution in [-0.4, -0.2) is 17.1 Å². The van der Waals surface area contributed by atoms with E-state index in [-0.39, 0.29) is 27.6 Å². The molecule has 39 heavy (non-hydrogen) atoms. The lowest BCUT2D eigenvalue weighted by molar-refractivity contribution is -0.137. The summed E-state index contributed by atoms with van der Waals surface area (Å²) < 4.78 is 40.0. The highest BCUT2D eigenvalue weighted by molar-refractivity contribution is 8.05. The summed E-state index contributed by atoms with van der Waals surface area (Å²) in [6, 6.07) is 19.0. The molecule has 1 aliphatic rings. The molecule has 3 aromatic rings. The molecule has 2 amide bonds. The van der Waals surface area contributed by atoms with Gasteiger partial charge in [0.2, 0.25) is 5.91 Å². The number of thioether (sulfide) groups is 1. The van der Waals surface area contributed by atoms with Gasteiger partial charge in [-0.2, -0.15) is 18.4 Å². The van der Waals surface area contributed by atoms with Crippen LogP contribution in [0, 0.1) is 18.3 Å². The fraction of sp³-hybridized carbons (Fsp3) is 0.207. The van der Waals surface area contributed by atoms with E-state index in [0.29, 0.717) is 11.4 Å². The Morgan fingerprint density at radius 1 is 1.13 bits per heavy atom. The molecule has 1 heterocycles. The molecule has 0 spiro atoms. The predicted octanol–water partition coefficient (Wildman–Crippen LogP) is 7.29. The second kappa shape index (κ2) is 11.6. The third kappa shape index (κ3) is 6.29. The first kappa shape index (κ1) is 28.3. The third-order valence-electron chi connectivity index (χ3n) is 6.16. The molecule has 1 N–H and O–H groups in total. The Bertz CT molecular complexity index is 1500. The van der Waals surface area contributed by atoms with Crippen LogP contribution in [-0.2, 0) is 28.6 Å². The number of hydrogen-bond acceptors (Lipinski definition) is 4. The molecule has 0 aromatic heterocycles. The van der Waals surface area contributed by atoms with Crippen molar-refractivity contribution in [2.75, 3.05) is 10.2 Å². The van der Waals surface area contributed by atoms with Gasteiger partial charge in [0.05, 0.1) is 10.8 Å². The van der Waals surface area contributed by atoms with E-state index < -0.39 is 28.8 Å². The first-order chi connectivity index (χ1) is 18.5. The molecule has 1 unspecified atom stereocenters. The second-order valence-electron chi connectivity index (χ2n) is 8.92. The SMILES string of the molecule is CCc1ccc(N2C(=O)C(Cc3cc(C(F)(F)F)ccc3Cl)S/C2=C(/C#N)C(=O)Nc2cccc(C)c2)cc1. The van der Waals surface area contributed by atoms with Crippen LogP contribution in [0.25, 0.3) is 0 Å². The van der Waals surface area contributed by atoms with Gasteiger partial charge in [0.15, 0.2) is 0 Å². The van der Waals surface area contributed by atoms with Crippen LogP contribution in [0.4, 0.5) is 24.5 Å². The summed E-state index contributed by atoms with van der Waals surface area (Å²) in [5.74, 6) is -1.17. The van der Waals surface area contributed by atoms with Crippen LogP contribution in [0.3, 0.4) is 0 Å². The van der Waals surface area contributed by atoms with Crippen molar-refractivity contribution in [2.24, 2.45) is 0 Å². The van der Waals surface area contributed by atoms with Crippen molar-refractivity contribution in [1.82, 2.24) is 0 Å². The molecule has 5 nitrogen and oxygen atoms in total. The number of halogens is 4. The van der Waals surface area contributed by atoms with Crippen molar-refractivity contribution in [2.45, 2.75) is 38.1 Å². The Balaban J connectivity index is 1.75.